The quantitative estimate of drug-likeness (QED) is 0.660. The van der Waals surface area contributed by atoms with Gasteiger partial charge in [-0.15, -0.1) is 0 Å². The van der Waals surface area contributed by atoms with Crippen molar-refractivity contribution in [3.63, 3.8) is 0 Å². The number of rotatable bonds is 7. The number of hydrogen-bond donors (Lipinski definition) is 1. The van der Waals surface area contributed by atoms with Gasteiger partial charge < -0.3 is 15.0 Å². The molecule has 1 aromatic carbocycles. The molecule has 0 atom stereocenters. The molecule has 0 aromatic heterocycles. The topological polar surface area (TPSA) is 61.9 Å². The molecule has 2 aliphatic rings. The van der Waals surface area contributed by atoms with E-state index in [0.717, 1.165) is 42.4 Å². The number of piperazine rings is 1. The second kappa shape index (κ2) is 9.17. The van der Waals surface area contributed by atoms with E-state index in [9.17, 15) is 9.59 Å². The predicted octanol–water partition coefficient (Wildman–Crippen LogP) is 1.78. The Morgan fingerprint density at radius 2 is 1.81 bits per heavy atom. The van der Waals surface area contributed by atoms with Crippen LogP contribution >= 0.6 is 15.9 Å². The normalized spacial score (nSPS) is 19.4. The van der Waals surface area contributed by atoms with Gasteiger partial charge in [0.1, 0.15) is 0 Å². The molecule has 148 valence electrons. The number of amides is 2. The third-order valence-electron chi connectivity index (χ3n) is 5.67. The number of nitrogens with one attached hydrogen (secondary N) is 1. The van der Waals surface area contributed by atoms with Crippen LogP contribution in [0.5, 0.6) is 0 Å². The fourth-order valence-corrected chi connectivity index (χ4v) is 4.15. The maximum Gasteiger partial charge on any atom is 0.234 e. The molecule has 1 aliphatic carbocycles. The lowest BCUT2D eigenvalue weighted by Crippen LogP contribution is -2.57. The Morgan fingerprint density at radius 1 is 1.15 bits per heavy atom. The first-order chi connectivity index (χ1) is 13.0. The molecule has 2 amide bonds. The number of carbonyl (C=O) groups is 2. The van der Waals surface area contributed by atoms with Crippen LogP contribution in [0, 0.1) is 0 Å². The molecule has 0 spiro atoms. The van der Waals surface area contributed by atoms with Crippen LogP contribution in [0.4, 0.5) is 0 Å². The van der Waals surface area contributed by atoms with Crippen molar-refractivity contribution in [1.29, 1.82) is 0 Å². The summed E-state index contributed by atoms with van der Waals surface area (Å²) in [4.78, 5) is 29.3. The summed E-state index contributed by atoms with van der Waals surface area (Å²) in [5, 5.41) is 2.84. The van der Waals surface area contributed by atoms with E-state index in [1.165, 1.54) is 0 Å². The smallest absolute Gasteiger partial charge is 0.234 e. The summed E-state index contributed by atoms with van der Waals surface area (Å²) >= 11 is 3.47. The molecule has 1 aliphatic heterocycles. The zero-order chi connectivity index (χ0) is 19.3. The van der Waals surface area contributed by atoms with Crippen LogP contribution in [0.2, 0.25) is 0 Å². The van der Waals surface area contributed by atoms with Crippen molar-refractivity contribution < 1.29 is 14.3 Å². The maximum absolute atomic E-state index is 13.3. The highest BCUT2D eigenvalue weighted by atomic mass is 79.9. The Kier molecular flexibility index (Phi) is 6.89. The second-order valence-electron chi connectivity index (χ2n) is 7.35. The van der Waals surface area contributed by atoms with Crippen LogP contribution in [-0.4, -0.2) is 74.6 Å². The minimum atomic E-state index is -0.347. The standard InChI is InChI=1S/C20H28BrN3O3/c1-27-14-9-22-18(25)15-23-10-12-24(13-11-23)19(26)20(7-2-8-20)16-3-5-17(21)6-4-16/h3-6H,2,7-15H2,1H3,(H,22,25). The molecule has 1 saturated heterocycles. The fourth-order valence-electron chi connectivity index (χ4n) is 3.89. The zero-order valence-electron chi connectivity index (χ0n) is 15.9. The molecule has 27 heavy (non-hydrogen) atoms. The Balaban J connectivity index is 1.53. The van der Waals surface area contributed by atoms with Crippen LogP contribution < -0.4 is 5.32 Å². The van der Waals surface area contributed by atoms with E-state index in [0.29, 0.717) is 32.8 Å². The van der Waals surface area contributed by atoms with Gasteiger partial charge in [-0.1, -0.05) is 34.5 Å². The minimum Gasteiger partial charge on any atom is -0.383 e. The highest BCUT2D eigenvalue weighted by molar-refractivity contribution is 9.10. The Bertz CT molecular complexity index is 653. The summed E-state index contributed by atoms with van der Waals surface area (Å²) in [6.07, 6.45) is 2.95. The van der Waals surface area contributed by atoms with Crippen molar-refractivity contribution >= 4 is 27.7 Å². The molecular weight excluding hydrogens is 410 g/mol. The summed E-state index contributed by atoms with van der Waals surface area (Å²) in [5.41, 5.74) is 0.780. The first-order valence-corrected chi connectivity index (χ1v) is 10.4. The Hall–Kier alpha value is -1.44. The first kappa shape index (κ1) is 20.3. The lowest BCUT2D eigenvalue weighted by atomic mass is 9.63. The second-order valence-corrected chi connectivity index (χ2v) is 8.27. The molecule has 3 rings (SSSR count). The van der Waals surface area contributed by atoms with E-state index >= 15 is 0 Å². The van der Waals surface area contributed by atoms with Crippen molar-refractivity contribution in [2.45, 2.75) is 24.7 Å². The molecule has 1 N–H and O–H groups in total. The van der Waals surface area contributed by atoms with E-state index in [-0.39, 0.29) is 17.2 Å². The molecule has 0 unspecified atom stereocenters. The third-order valence-corrected chi connectivity index (χ3v) is 6.20. The third kappa shape index (κ3) is 4.70. The number of ether oxygens (including phenoxy) is 1. The summed E-state index contributed by atoms with van der Waals surface area (Å²) < 4.78 is 5.97. The first-order valence-electron chi connectivity index (χ1n) is 9.58. The van der Waals surface area contributed by atoms with Crippen molar-refractivity contribution in [2.24, 2.45) is 0 Å². The fraction of sp³-hybridized carbons (Fsp3) is 0.600. The average molecular weight is 438 g/mol. The SMILES string of the molecule is COCCNC(=O)CN1CCN(C(=O)C2(c3ccc(Br)cc3)CCC2)CC1. The maximum atomic E-state index is 13.3. The van der Waals surface area contributed by atoms with Crippen molar-refractivity contribution in [2.75, 3.05) is 53.0 Å². The van der Waals surface area contributed by atoms with E-state index in [1.807, 2.05) is 17.0 Å². The molecule has 1 aromatic rings. The summed E-state index contributed by atoms with van der Waals surface area (Å²) in [6.45, 7) is 4.27. The Morgan fingerprint density at radius 3 is 2.37 bits per heavy atom. The highest BCUT2D eigenvalue weighted by Crippen LogP contribution is 2.45. The van der Waals surface area contributed by atoms with Crippen molar-refractivity contribution in [3.05, 3.63) is 34.3 Å². The molecule has 0 bridgehead atoms. The monoisotopic (exact) mass is 437 g/mol. The number of hydrogen-bond acceptors (Lipinski definition) is 4. The van der Waals surface area contributed by atoms with Crippen molar-refractivity contribution in [3.8, 4) is 0 Å². The molecule has 1 saturated carbocycles. The summed E-state index contributed by atoms with van der Waals surface area (Å²) in [7, 11) is 1.62. The minimum absolute atomic E-state index is 0.0113. The van der Waals surface area contributed by atoms with Crippen LogP contribution in [0.3, 0.4) is 0 Å². The molecular formula is C20H28BrN3O3. The predicted molar refractivity (Wildman–Crippen MR) is 108 cm³/mol. The summed E-state index contributed by atoms with van der Waals surface area (Å²) in [5.74, 6) is 0.262. The largest absolute Gasteiger partial charge is 0.383 e. The van der Waals surface area contributed by atoms with Gasteiger partial charge in [-0.05, 0) is 30.5 Å². The number of methoxy groups -OCH3 is 1. The van der Waals surface area contributed by atoms with Gasteiger partial charge in [0.05, 0.1) is 18.6 Å². The number of nitrogens with zero attached hydrogens (tertiary/aromatic N) is 2. The van der Waals surface area contributed by atoms with Gasteiger partial charge in [0.2, 0.25) is 11.8 Å². The van der Waals surface area contributed by atoms with Gasteiger partial charge in [-0.2, -0.15) is 0 Å². The van der Waals surface area contributed by atoms with Crippen LogP contribution in [-0.2, 0) is 19.7 Å². The van der Waals surface area contributed by atoms with Gasteiger partial charge in [-0.3, -0.25) is 14.5 Å². The highest BCUT2D eigenvalue weighted by Gasteiger charge is 2.47. The zero-order valence-corrected chi connectivity index (χ0v) is 17.5. The van der Waals surface area contributed by atoms with Gasteiger partial charge in [0.15, 0.2) is 0 Å². The molecule has 7 heteroatoms. The number of halogens is 1. The van der Waals surface area contributed by atoms with Crippen LogP contribution in [0.25, 0.3) is 0 Å². The number of benzene rings is 1. The lowest BCUT2D eigenvalue weighted by molar-refractivity contribution is -0.142. The average Bonchev–Trinajstić information content (AvgIpc) is 2.63. The van der Waals surface area contributed by atoms with Gasteiger partial charge in [0.25, 0.3) is 0 Å². The van der Waals surface area contributed by atoms with E-state index in [1.54, 1.807) is 7.11 Å². The van der Waals surface area contributed by atoms with Crippen LogP contribution in [0.15, 0.2) is 28.7 Å². The summed E-state index contributed by atoms with van der Waals surface area (Å²) in [6, 6.07) is 8.18. The molecule has 1 heterocycles. The molecule has 6 nitrogen and oxygen atoms in total. The Labute approximate surface area is 169 Å². The van der Waals surface area contributed by atoms with Gasteiger partial charge in [-0.25, -0.2) is 0 Å². The van der Waals surface area contributed by atoms with E-state index < -0.39 is 0 Å². The van der Waals surface area contributed by atoms with E-state index in [2.05, 4.69) is 38.3 Å². The van der Waals surface area contributed by atoms with E-state index in [4.69, 9.17) is 4.74 Å². The number of carbonyl (C=O) groups excluding carboxylic acids is 2. The van der Waals surface area contributed by atoms with Crippen LogP contribution in [0.1, 0.15) is 24.8 Å². The van der Waals surface area contributed by atoms with Crippen molar-refractivity contribution in [1.82, 2.24) is 15.1 Å². The molecule has 2 fully saturated rings. The molecule has 0 radical (unpaired) electrons. The van der Waals surface area contributed by atoms with Gasteiger partial charge >= 0.3 is 0 Å². The lowest BCUT2D eigenvalue weighted by Gasteiger charge is -2.46. The van der Waals surface area contributed by atoms with Gasteiger partial charge in [0, 0.05) is 44.3 Å².